The zero-order valence-electron chi connectivity index (χ0n) is 10.9. The van der Waals surface area contributed by atoms with E-state index in [4.69, 9.17) is 21.9 Å². The van der Waals surface area contributed by atoms with Gasteiger partial charge in [0, 0.05) is 17.0 Å². The van der Waals surface area contributed by atoms with Gasteiger partial charge in [-0.15, -0.1) is 0 Å². The molecule has 0 saturated carbocycles. The first-order valence-electron chi connectivity index (χ1n) is 6.04. The lowest BCUT2D eigenvalue weighted by Crippen LogP contribution is -1.96. The quantitative estimate of drug-likeness (QED) is 0.798. The highest BCUT2D eigenvalue weighted by molar-refractivity contribution is 7.10. The molecule has 0 radical (unpaired) electrons. The molecule has 1 aromatic carbocycles. The van der Waals surface area contributed by atoms with Crippen molar-refractivity contribution in [2.45, 2.75) is 13.3 Å². The summed E-state index contributed by atoms with van der Waals surface area (Å²) in [5.41, 5.74) is 7.51. The molecule has 0 amide bonds. The summed E-state index contributed by atoms with van der Waals surface area (Å²) in [5, 5.41) is 4.68. The van der Waals surface area contributed by atoms with Gasteiger partial charge in [-0.2, -0.15) is 9.36 Å². The second-order valence-corrected chi connectivity index (χ2v) is 5.61. The normalized spacial score (nSPS) is 11.0. The lowest BCUT2D eigenvalue weighted by Gasteiger charge is -2.01. The number of nitrogens with zero attached hydrogens (tertiary/aromatic N) is 3. The Morgan fingerprint density at radius 1 is 1.43 bits per heavy atom. The van der Waals surface area contributed by atoms with Gasteiger partial charge in [0.15, 0.2) is 5.82 Å². The van der Waals surface area contributed by atoms with Crippen molar-refractivity contribution < 1.29 is 8.91 Å². The Kier molecular flexibility index (Phi) is 3.60. The number of benzene rings is 1. The maximum absolute atomic E-state index is 13.7. The van der Waals surface area contributed by atoms with E-state index >= 15 is 0 Å². The summed E-state index contributed by atoms with van der Waals surface area (Å²) in [6.45, 7) is 1.81. The van der Waals surface area contributed by atoms with Crippen LogP contribution >= 0.6 is 23.1 Å². The summed E-state index contributed by atoms with van der Waals surface area (Å²) in [6, 6.07) is 4.50. The molecule has 0 fully saturated rings. The SMILES string of the molecule is Cc1nsc(N)c1-c1nc(Cc2c(F)cccc2Cl)no1. The van der Waals surface area contributed by atoms with Crippen LogP contribution < -0.4 is 5.73 Å². The molecule has 0 aliphatic heterocycles. The zero-order valence-corrected chi connectivity index (χ0v) is 12.5. The van der Waals surface area contributed by atoms with Crippen LogP contribution in [0.25, 0.3) is 11.5 Å². The minimum Gasteiger partial charge on any atom is -0.389 e. The molecule has 0 aliphatic rings. The van der Waals surface area contributed by atoms with Gasteiger partial charge in [-0.05, 0) is 30.6 Å². The van der Waals surface area contributed by atoms with Crippen molar-refractivity contribution in [2.24, 2.45) is 0 Å². The highest BCUT2D eigenvalue weighted by Gasteiger charge is 2.18. The first-order chi connectivity index (χ1) is 10.1. The maximum Gasteiger partial charge on any atom is 0.262 e. The molecule has 0 atom stereocenters. The molecule has 2 N–H and O–H groups in total. The Morgan fingerprint density at radius 2 is 2.24 bits per heavy atom. The van der Waals surface area contributed by atoms with Crippen LogP contribution in [-0.4, -0.2) is 14.5 Å². The number of anilines is 1. The predicted octanol–water partition coefficient (Wildman–Crippen LogP) is 3.47. The van der Waals surface area contributed by atoms with Crippen LogP contribution in [0.4, 0.5) is 9.39 Å². The third kappa shape index (κ3) is 2.62. The summed E-state index contributed by atoms with van der Waals surface area (Å²) >= 11 is 7.14. The van der Waals surface area contributed by atoms with Gasteiger partial charge in [0.1, 0.15) is 10.8 Å². The van der Waals surface area contributed by atoms with Crippen molar-refractivity contribution >= 4 is 28.1 Å². The molecular weight excluding hydrogens is 315 g/mol. The molecular formula is C13H10ClFN4OS. The molecule has 0 aliphatic carbocycles. The van der Waals surface area contributed by atoms with E-state index in [1.54, 1.807) is 19.1 Å². The molecule has 5 nitrogen and oxygen atoms in total. The molecule has 21 heavy (non-hydrogen) atoms. The van der Waals surface area contributed by atoms with Gasteiger partial charge in [0.25, 0.3) is 5.89 Å². The Hall–Kier alpha value is -1.99. The molecule has 0 bridgehead atoms. The van der Waals surface area contributed by atoms with E-state index in [2.05, 4.69) is 14.5 Å². The average Bonchev–Trinajstić information content (AvgIpc) is 3.01. The minimum absolute atomic E-state index is 0.144. The van der Waals surface area contributed by atoms with Crippen LogP contribution in [0.15, 0.2) is 22.7 Å². The van der Waals surface area contributed by atoms with Gasteiger partial charge in [0.2, 0.25) is 0 Å². The summed E-state index contributed by atoms with van der Waals surface area (Å²) < 4.78 is 23.1. The predicted molar refractivity (Wildman–Crippen MR) is 78.8 cm³/mol. The van der Waals surface area contributed by atoms with Gasteiger partial charge >= 0.3 is 0 Å². The number of nitrogen functional groups attached to an aromatic ring is 1. The van der Waals surface area contributed by atoms with Gasteiger partial charge in [-0.3, -0.25) is 0 Å². The Morgan fingerprint density at radius 3 is 2.90 bits per heavy atom. The van der Waals surface area contributed by atoms with Crippen molar-refractivity contribution in [1.82, 2.24) is 14.5 Å². The standard InChI is InChI=1S/C13H10ClFN4OS/c1-6-11(12(16)21-19-6)13-17-10(18-20-13)5-7-8(14)3-2-4-9(7)15/h2-4H,5,16H2,1H3. The Bertz CT molecular complexity index is 762. The molecule has 8 heteroatoms. The molecule has 2 aromatic heterocycles. The first kappa shape index (κ1) is 14.0. The van der Waals surface area contributed by atoms with Crippen molar-refractivity contribution in [3.05, 3.63) is 46.1 Å². The molecule has 3 aromatic rings. The first-order valence-corrected chi connectivity index (χ1v) is 7.19. The number of aryl methyl sites for hydroxylation is 1. The second kappa shape index (κ2) is 5.42. The van der Waals surface area contributed by atoms with E-state index in [9.17, 15) is 4.39 Å². The fourth-order valence-electron chi connectivity index (χ4n) is 1.93. The molecule has 3 rings (SSSR count). The van der Waals surface area contributed by atoms with Gasteiger partial charge in [-0.1, -0.05) is 22.8 Å². The van der Waals surface area contributed by atoms with Crippen LogP contribution in [-0.2, 0) is 6.42 Å². The molecule has 2 heterocycles. The van der Waals surface area contributed by atoms with Crippen molar-refractivity contribution in [3.8, 4) is 11.5 Å². The Labute approximate surface area is 128 Å². The smallest absolute Gasteiger partial charge is 0.262 e. The van der Waals surface area contributed by atoms with E-state index < -0.39 is 5.82 Å². The number of rotatable bonds is 3. The molecule has 0 spiro atoms. The summed E-state index contributed by atoms with van der Waals surface area (Å²) in [5.74, 6) is 0.213. The third-order valence-electron chi connectivity index (χ3n) is 2.97. The lowest BCUT2D eigenvalue weighted by atomic mass is 10.1. The lowest BCUT2D eigenvalue weighted by molar-refractivity contribution is 0.423. The van der Waals surface area contributed by atoms with Crippen LogP contribution in [0.5, 0.6) is 0 Å². The van der Waals surface area contributed by atoms with E-state index in [1.807, 2.05) is 0 Å². The average molecular weight is 325 g/mol. The van der Waals surface area contributed by atoms with Crippen LogP contribution in [0.1, 0.15) is 17.1 Å². The summed E-state index contributed by atoms with van der Waals surface area (Å²) in [4.78, 5) is 4.24. The highest BCUT2D eigenvalue weighted by Crippen LogP contribution is 2.31. The van der Waals surface area contributed by atoms with Crippen LogP contribution in [0.2, 0.25) is 5.02 Å². The molecule has 0 unspecified atom stereocenters. The van der Waals surface area contributed by atoms with Crippen molar-refractivity contribution in [3.63, 3.8) is 0 Å². The maximum atomic E-state index is 13.7. The van der Waals surface area contributed by atoms with Crippen molar-refractivity contribution in [2.75, 3.05) is 5.73 Å². The molecule has 0 saturated heterocycles. The van der Waals surface area contributed by atoms with Gasteiger partial charge in [-0.25, -0.2) is 4.39 Å². The zero-order chi connectivity index (χ0) is 15.0. The number of hydrogen-bond acceptors (Lipinski definition) is 6. The largest absolute Gasteiger partial charge is 0.389 e. The van der Waals surface area contributed by atoms with Gasteiger partial charge < -0.3 is 10.3 Å². The minimum atomic E-state index is -0.401. The number of hydrogen-bond donors (Lipinski definition) is 1. The van der Waals surface area contributed by atoms with E-state index in [0.29, 0.717) is 27.0 Å². The topological polar surface area (TPSA) is 77.8 Å². The summed E-state index contributed by atoms with van der Waals surface area (Å²) in [6.07, 6.45) is 0.144. The van der Waals surface area contributed by atoms with Crippen molar-refractivity contribution in [1.29, 1.82) is 0 Å². The summed E-state index contributed by atoms with van der Waals surface area (Å²) in [7, 11) is 0. The second-order valence-electron chi connectivity index (χ2n) is 4.40. The van der Waals surface area contributed by atoms with Gasteiger partial charge in [0.05, 0.1) is 11.3 Å². The third-order valence-corrected chi connectivity index (χ3v) is 4.09. The fraction of sp³-hybridized carbons (Fsp3) is 0.154. The monoisotopic (exact) mass is 324 g/mol. The number of halogens is 2. The van der Waals surface area contributed by atoms with E-state index in [1.165, 1.54) is 6.07 Å². The number of aromatic nitrogens is 3. The van der Waals surface area contributed by atoms with E-state index in [0.717, 1.165) is 17.2 Å². The molecule has 108 valence electrons. The van der Waals surface area contributed by atoms with Crippen LogP contribution in [0.3, 0.4) is 0 Å². The Balaban J connectivity index is 1.93. The fourth-order valence-corrected chi connectivity index (χ4v) is 2.82. The highest BCUT2D eigenvalue weighted by atomic mass is 35.5. The van der Waals surface area contributed by atoms with Crippen LogP contribution in [0, 0.1) is 12.7 Å². The number of nitrogens with two attached hydrogens (primary N) is 1. The van der Waals surface area contributed by atoms with E-state index in [-0.39, 0.29) is 12.3 Å².